The van der Waals surface area contributed by atoms with Gasteiger partial charge < -0.3 is 20.3 Å². The van der Waals surface area contributed by atoms with E-state index in [0.717, 1.165) is 24.5 Å². The van der Waals surface area contributed by atoms with E-state index in [1.165, 1.54) is 24.9 Å². The summed E-state index contributed by atoms with van der Waals surface area (Å²) in [5.41, 5.74) is 2.68. The molecule has 6 heteroatoms. The molecule has 1 heterocycles. The highest BCUT2D eigenvalue weighted by atomic mass is 16.5. The Morgan fingerprint density at radius 2 is 1.34 bits per heavy atom. The average molecular weight is 393 g/mol. The van der Waals surface area contributed by atoms with Crippen LogP contribution in [-0.4, -0.2) is 32.0 Å². The minimum atomic E-state index is -0.273. The molecule has 1 saturated heterocycles. The molecular formula is C23H27N3O3. The number of ether oxygens (including phenoxy) is 1. The van der Waals surface area contributed by atoms with Crippen molar-refractivity contribution in [2.24, 2.45) is 11.8 Å². The second-order valence-corrected chi connectivity index (χ2v) is 7.75. The first-order valence-electron chi connectivity index (χ1n) is 10.2. The quantitative estimate of drug-likeness (QED) is 0.781. The lowest BCUT2D eigenvalue weighted by atomic mass is 10.1. The lowest BCUT2D eigenvalue weighted by Gasteiger charge is -2.28. The first-order chi connectivity index (χ1) is 14.1. The van der Waals surface area contributed by atoms with Crippen LogP contribution < -0.4 is 20.3 Å². The molecule has 2 amide bonds. The van der Waals surface area contributed by atoms with Crippen molar-refractivity contribution in [1.29, 1.82) is 0 Å². The summed E-state index contributed by atoms with van der Waals surface area (Å²) in [5, 5.41) is 5.81. The summed E-state index contributed by atoms with van der Waals surface area (Å²) >= 11 is 0. The van der Waals surface area contributed by atoms with Crippen LogP contribution in [0.2, 0.25) is 0 Å². The van der Waals surface area contributed by atoms with Crippen molar-refractivity contribution in [2.45, 2.75) is 25.7 Å². The third-order valence-corrected chi connectivity index (χ3v) is 5.68. The fourth-order valence-electron chi connectivity index (χ4n) is 3.83. The summed E-state index contributed by atoms with van der Waals surface area (Å²) in [6, 6.07) is 15.2. The number of amides is 2. The van der Waals surface area contributed by atoms with Crippen molar-refractivity contribution in [3.05, 3.63) is 48.5 Å². The zero-order chi connectivity index (χ0) is 20.2. The molecule has 2 aromatic carbocycles. The lowest BCUT2D eigenvalue weighted by molar-refractivity contribution is -0.122. The number of carbonyl (C=O) groups is 2. The molecule has 2 atom stereocenters. The first kappa shape index (κ1) is 19.3. The molecule has 0 spiro atoms. The third kappa shape index (κ3) is 4.70. The fraction of sp³-hybridized carbons (Fsp3) is 0.391. The molecule has 4 rings (SSSR count). The summed E-state index contributed by atoms with van der Waals surface area (Å²) in [5.74, 6) is -0.0147. The van der Waals surface area contributed by atoms with Gasteiger partial charge in [0.25, 0.3) is 0 Å². The molecular weight excluding hydrogens is 366 g/mol. The molecule has 29 heavy (non-hydrogen) atoms. The second-order valence-electron chi connectivity index (χ2n) is 7.75. The van der Waals surface area contributed by atoms with Gasteiger partial charge in [0.05, 0.1) is 18.9 Å². The van der Waals surface area contributed by atoms with Gasteiger partial charge in [0.15, 0.2) is 0 Å². The van der Waals surface area contributed by atoms with Crippen LogP contribution in [0.15, 0.2) is 48.5 Å². The monoisotopic (exact) mass is 393 g/mol. The lowest BCUT2D eigenvalue weighted by Crippen LogP contribution is -2.29. The Labute approximate surface area is 171 Å². The number of hydrogen-bond acceptors (Lipinski definition) is 4. The fourth-order valence-corrected chi connectivity index (χ4v) is 3.83. The predicted molar refractivity (Wildman–Crippen MR) is 114 cm³/mol. The molecule has 2 aliphatic rings. The molecule has 2 unspecified atom stereocenters. The Balaban J connectivity index is 1.27. The highest BCUT2D eigenvalue weighted by Gasteiger charge is 2.48. The van der Waals surface area contributed by atoms with Gasteiger partial charge in [-0.25, -0.2) is 0 Å². The summed E-state index contributed by atoms with van der Waals surface area (Å²) in [6.45, 7) is 2.19. The Morgan fingerprint density at radius 1 is 0.828 bits per heavy atom. The molecule has 1 saturated carbocycles. The maximum absolute atomic E-state index is 12.5. The first-order valence-corrected chi connectivity index (χ1v) is 10.2. The van der Waals surface area contributed by atoms with Crippen molar-refractivity contribution < 1.29 is 14.3 Å². The molecule has 1 aliphatic carbocycles. The van der Waals surface area contributed by atoms with Gasteiger partial charge in [-0.15, -0.1) is 0 Å². The maximum atomic E-state index is 12.5. The number of nitrogens with zero attached hydrogens (tertiary/aromatic N) is 1. The van der Waals surface area contributed by atoms with Gasteiger partial charge in [-0.1, -0.05) is 0 Å². The van der Waals surface area contributed by atoms with Crippen molar-refractivity contribution in [3.63, 3.8) is 0 Å². The Kier molecular flexibility index (Phi) is 5.69. The van der Waals surface area contributed by atoms with Crippen LogP contribution in [0, 0.1) is 11.8 Å². The van der Waals surface area contributed by atoms with Crippen LogP contribution in [0.3, 0.4) is 0 Å². The molecule has 152 valence electrons. The molecule has 0 radical (unpaired) electrons. The van der Waals surface area contributed by atoms with Crippen LogP contribution in [0.25, 0.3) is 0 Å². The number of piperidine rings is 1. The maximum Gasteiger partial charge on any atom is 0.228 e. The highest BCUT2D eigenvalue weighted by Crippen LogP contribution is 2.40. The number of rotatable bonds is 6. The van der Waals surface area contributed by atoms with E-state index in [1.807, 2.05) is 12.1 Å². The average Bonchev–Trinajstić information content (AvgIpc) is 3.57. The number of nitrogens with one attached hydrogen (secondary N) is 2. The number of carbonyl (C=O) groups excluding carboxylic acids is 2. The smallest absolute Gasteiger partial charge is 0.228 e. The number of hydrogen-bond donors (Lipinski definition) is 2. The van der Waals surface area contributed by atoms with Gasteiger partial charge in [0, 0.05) is 30.2 Å². The van der Waals surface area contributed by atoms with Gasteiger partial charge in [-0.3, -0.25) is 9.59 Å². The summed E-state index contributed by atoms with van der Waals surface area (Å²) in [6.07, 6.45) is 4.36. The zero-order valence-electron chi connectivity index (χ0n) is 16.7. The number of benzene rings is 2. The van der Waals surface area contributed by atoms with Crippen LogP contribution in [-0.2, 0) is 9.59 Å². The molecule has 2 fully saturated rings. The molecule has 6 nitrogen and oxygen atoms in total. The molecule has 1 aliphatic heterocycles. The third-order valence-electron chi connectivity index (χ3n) is 5.68. The topological polar surface area (TPSA) is 70.7 Å². The zero-order valence-corrected chi connectivity index (χ0v) is 16.7. The van der Waals surface area contributed by atoms with Gasteiger partial charge in [0.1, 0.15) is 5.75 Å². The van der Waals surface area contributed by atoms with Gasteiger partial charge in [-0.2, -0.15) is 0 Å². The van der Waals surface area contributed by atoms with E-state index in [-0.39, 0.29) is 23.7 Å². The highest BCUT2D eigenvalue weighted by molar-refractivity contribution is 6.03. The standard InChI is InChI=1S/C23H27N3O3/c1-29-19-11-7-17(8-12-19)25-23(28)21-15-20(21)22(27)24-16-5-9-18(10-6-16)26-13-3-2-4-14-26/h5-12,20-21H,2-4,13-15H2,1H3,(H,24,27)(H,25,28). The minimum absolute atomic E-state index is 0.0920. The minimum Gasteiger partial charge on any atom is -0.497 e. The summed E-state index contributed by atoms with van der Waals surface area (Å²) in [7, 11) is 1.60. The number of anilines is 3. The van der Waals surface area contributed by atoms with E-state index in [1.54, 1.807) is 31.4 Å². The largest absolute Gasteiger partial charge is 0.497 e. The van der Waals surface area contributed by atoms with Gasteiger partial charge in [-0.05, 0) is 74.2 Å². The van der Waals surface area contributed by atoms with E-state index in [4.69, 9.17) is 4.74 Å². The van der Waals surface area contributed by atoms with E-state index in [2.05, 4.69) is 27.7 Å². The van der Waals surface area contributed by atoms with E-state index in [0.29, 0.717) is 12.1 Å². The molecule has 2 aromatic rings. The molecule has 2 N–H and O–H groups in total. The predicted octanol–water partition coefficient (Wildman–Crippen LogP) is 3.90. The Hall–Kier alpha value is -3.02. The SMILES string of the molecule is COc1ccc(NC(=O)C2CC2C(=O)Nc2ccc(N3CCCCC3)cc2)cc1. The van der Waals surface area contributed by atoms with Gasteiger partial charge in [0.2, 0.25) is 11.8 Å². The molecule has 0 bridgehead atoms. The van der Waals surface area contributed by atoms with Crippen LogP contribution in [0.5, 0.6) is 5.75 Å². The van der Waals surface area contributed by atoms with Gasteiger partial charge >= 0.3 is 0 Å². The van der Waals surface area contributed by atoms with Crippen LogP contribution in [0.1, 0.15) is 25.7 Å². The van der Waals surface area contributed by atoms with Crippen molar-refractivity contribution in [2.75, 3.05) is 35.7 Å². The van der Waals surface area contributed by atoms with E-state index in [9.17, 15) is 9.59 Å². The molecule has 0 aromatic heterocycles. The van der Waals surface area contributed by atoms with Crippen LogP contribution >= 0.6 is 0 Å². The summed E-state index contributed by atoms with van der Waals surface area (Å²) in [4.78, 5) is 27.3. The van der Waals surface area contributed by atoms with Crippen molar-refractivity contribution in [1.82, 2.24) is 0 Å². The van der Waals surface area contributed by atoms with Crippen LogP contribution in [0.4, 0.5) is 17.1 Å². The normalized spacial score (nSPS) is 20.7. The van der Waals surface area contributed by atoms with Crippen molar-refractivity contribution >= 4 is 28.9 Å². The van der Waals surface area contributed by atoms with E-state index >= 15 is 0 Å². The van der Waals surface area contributed by atoms with Crippen molar-refractivity contribution in [3.8, 4) is 5.75 Å². The second kappa shape index (κ2) is 8.55. The Morgan fingerprint density at radius 3 is 1.86 bits per heavy atom. The number of methoxy groups -OCH3 is 1. The summed E-state index contributed by atoms with van der Waals surface area (Å²) < 4.78 is 5.11. The Bertz CT molecular complexity index is 858. The van der Waals surface area contributed by atoms with E-state index < -0.39 is 0 Å².